The molecule has 0 radical (unpaired) electrons. The highest BCUT2D eigenvalue weighted by Gasteiger charge is 2.48. The lowest BCUT2D eigenvalue weighted by Gasteiger charge is -2.24. The number of halogens is 2. The number of aliphatic hydroxyl groups excluding tert-OH is 1. The van der Waals surface area contributed by atoms with E-state index in [9.17, 15) is 9.90 Å². The second kappa shape index (κ2) is 4.48. The van der Waals surface area contributed by atoms with E-state index < -0.39 is 16.4 Å². The summed E-state index contributed by atoms with van der Waals surface area (Å²) in [5.41, 5.74) is -0.724. The molecular formula is C10H17Cl2NO2. The van der Waals surface area contributed by atoms with Gasteiger partial charge in [-0.2, -0.15) is 0 Å². The zero-order chi connectivity index (χ0) is 11.8. The predicted octanol–water partition coefficient (Wildman–Crippen LogP) is 1.70. The summed E-state index contributed by atoms with van der Waals surface area (Å²) >= 11 is 11.5. The van der Waals surface area contributed by atoms with Gasteiger partial charge in [0.25, 0.3) is 0 Å². The van der Waals surface area contributed by atoms with Gasteiger partial charge in [-0.1, -0.05) is 6.92 Å². The third-order valence-corrected chi connectivity index (χ3v) is 3.94. The number of nitrogens with one attached hydrogen (secondary N) is 1. The van der Waals surface area contributed by atoms with Crippen molar-refractivity contribution in [3.8, 4) is 0 Å². The fourth-order valence-electron chi connectivity index (χ4n) is 1.76. The third kappa shape index (κ3) is 2.58. The summed E-state index contributed by atoms with van der Waals surface area (Å²) in [6.45, 7) is 5.36. The zero-order valence-corrected chi connectivity index (χ0v) is 10.6. The molecule has 0 saturated carbocycles. The number of amides is 1. The molecule has 0 aromatic rings. The van der Waals surface area contributed by atoms with Crippen LogP contribution < -0.4 is 5.32 Å². The lowest BCUT2D eigenvalue weighted by molar-refractivity contribution is -0.128. The predicted molar refractivity (Wildman–Crippen MR) is 61.0 cm³/mol. The van der Waals surface area contributed by atoms with Crippen molar-refractivity contribution in [2.75, 3.05) is 0 Å². The van der Waals surface area contributed by atoms with Crippen molar-refractivity contribution in [3.05, 3.63) is 0 Å². The third-order valence-electron chi connectivity index (χ3n) is 3.08. The van der Waals surface area contributed by atoms with Crippen molar-refractivity contribution in [2.24, 2.45) is 11.3 Å². The van der Waals surface area contributed by atoms with Crippen LogP contribution in [-0.2, 0) is 4.79 Å². The highest BCUT2D eigenvalue weighted by atomic mass is 35.5. The van der Waals surface area contributed by atoms with Crippen molar-refractivity contribution in [1.29, 1.82) is 0 Å². The number of hydrogen-bond donors (Lipinski definition) is 2. The molecule has 1 aliphatic heterocycles. The van der Waals surface area contributed by atoms with Crippen LogP contribution >= 0.6 is 23.2 Å². The van der Waals surface area contributed by atoms with Gasteiger partial charge in [-0.25, -0.2) is 0 Å². The first-order valence-electron chi connectivity index (χ1n) is 5.04. The van der Waals surface area contributed by atoms with E-state index in [2.05, 4.69) is 5.32 Å². The average molecular weight is 254 g/mol. The highest BCUT2D eigenvalue weighted by Crippen LogP contribution is 2.33. The molecule has 15 heavy (non-hydrogen) atoms. The van der Waals surface area contributed by atoms with E-state index in [0.29, 0.717) is 6.42 Å². The number of aliphatic hydroxyl groups is 1. The topological polar surface area (TPSA) is 49.3 Å². The molecule has 1 unspecified atom stereocenters. The first kappa shape index (κ1) is 13.1. The van der Waals surface area contributed by atoms with E-state index in [1.807, 2.05) is 6.92 Å². The van der Waals surface area contributed by atoms with Crippen molar-refractivity contribution in [3.63, 3.8) is 0 Å². The summed E-state index contributed by atoms with van der Waals surface area (Å²) in [6, 6.07) is -0.248. The van der Waals surface area contributed by atoms with Gasteiger partial charge >= 0.3 is 0 Å². The number of carbonyl (C=O) groups excluding carboxylic acids is 1. The molecule has 2 N–H and O–H groups in total. The Bertz CT molecular complexity index is 256. The molecule has 1 amide bonds. The second-order valence-electron chi connectivity index (χ2n) is 4.79. The Morgan fingerprint density at radius 2 is 2.07 bits per heavy atom. The first-order valence-corrected chi connectivity index (χ1v) is 5.91. The van der Waals surface area contributed by atoms with Crippen molar-refractivity contribution < 1.29 is 9.90 Å². The van der Waals surface area contributed by atoms with Gasteiger partial charge in [-0.05, 0) is 26.2 Å². The number of rotatable bonds is 3. The first-order chi connectivity index (χ1) is 6.76. The van der Waals surface area contributed by atoms with Gasteiger partial charge in [-0.15, -0.1) is 23.2 Å². The average Bonchev–Trinajstić information content (AvgIpc) is 2.30. The van der Waals surface area contributed by atoms with Gasteiger partial charge in [0, 0.05) is 0 Å². The van der Waals surface area contributed by atoms with Crippen molar-refractivity contribution in [2.45, 2.75) is 44.2 Å². The zero-order valence-electron chi connectivity index (χ0n) is 9.13. The molecule has 0 bridgehead atoms. The van der Waals surface area contributed by atoms with Crippen LogP contribution in [-0.4, -0.2) is 28.0 Å². The molecule has 1 rings (SSSR count). The molecule has 88 valence electrons. The van der Waals surface area contributed by atoms with Crippen LogP contribution in [0.4, 0.5) is 0 Å². The smallest absolute Gasteiger partial charge is 0.228 e. The summed E-state index contributed by atoms with van der Waals surface area (Å²) in [5, 5.41) is 12.7. The molecule has 3 nitrogen and oxygen atoms in total. The minimum Gasteiger partial charge on any atom is -0.390 e. The molecule has 1 fully saturated rings. The monoisotopic (exact) mass is 253 g/mol. The Morgan fingerprint density at radius 1 is 1.53 bits per heavy atom. The molecule has 1 heterocycles. The maximum absolute atomic E-state index is 11.5. The van der Waals surface area contributed by atoms with Gasteiger partial charge in [-0.3, -0.25) is 4.79 Å². The lowest BCUT2D eigenvalue weighted by Crippen LogP contribution is -2.36. The van der Waals surface area contributed by atoms with E-state index >= 15 is 0 Å². The Hall–Kier alpha value is 0.01000. The van der Waals surface area contributed by atoms with Gasteiger partial charge in [0.05, 0.1) is 17.6 Å². The van der Waals surface area contributed by atoms with Gasteiger partial charge in [0.15, 0.2) is 0 Å². The SMILES string of the molecule is CC(C[C@H]1NC(=O)C(C)(C)[C@H]1O)C(Cl)Cl. The van der Waals surface area contributed by atoms with E-state index in [4.69, 9.17) is 23.2 Å². The van der Waals surface area contributed by atoms with E-state index in [1.165, 1.54) is 0 Å². The summed E-state index contributed by atoms with van der Waals surface area (Å²) < 4.78 is 0. The lowest BCUT2D eigenvalue weighted by atomic mass is 9.84. The molecule has 0 aromatic carbocycles. The summed E-state index contributed by atoms with van der Waals surface area (Å²) in [5.74, 6) is -0.0740. The molecular weight excluding hydrogens is 237 g/mol. The Labute approximate surface area is 100 Å². The van der Waals surface area contributed by atoms with Crippen molar-refractivity contribution >= 4 is 29.1 Å². The number of hydrogen-bond acceptors (Lipinski definition) is 2. The van der Waals surface area contributed by atoms with Crippen LogP contribution in [0.3, 0.4) is 0 Å². The van der Waals surface area contributed by atoms with E-state index in [1.54, 1.807) is 13.8 Å². The quantitative estimate of drug-likeness (QED) is 0.753. The molecule has 0 aliphatic carbocycles. The van der Waals surface area contributed by atoms with Crippen LogP contribution in [0.2, 0.25) is 0 Å². The van der Waals surface area contributed by atoms with E-state index in [-0.39, 0.29) is 17.9 Å². The summed E-state index contributed by atoms with van der Waals surface area (Å²) in [4.78, 5) is 11.1. The van der Waals surface area contributed by atoms with Crippen LogP contribution in [0.25, 0.3) is 0 Å². The summed E-state index contributed by atoms with van der Waals surface area (Å²) in [7, 11) is 0. The standard InChI is InChI=1S/C10H17Cl2NO2/c1-5(8(11)12)4-6-7(14)10(2,3)9(15)13-6/h5-8,14H,4H2,1-3H3,(H,13,15)/t5?,6-,7+/m1/s1. The fraction of sp³-hybridized carbons (Fsp3) is 0.900. The molecule has 3 atom stereocenters. The minimum absolute atomic E-state index is 0.0437. The van der Waals surface area contributed by atoms with Crippen LogP contribution in [0.1, 0.15) is 27.2 Å². The molecule has 1 saturated heterocycles. The Balaban J connectivity index is 2.64. The van der Waals surface area contributed by atoms with E-state index in [0.717, 1.165) is 0 Å². The number of alkyl halides is 2. The largest absolute Gasteiger partial charge is 0.390 e. The number of carbonyl (C=O) groups is 1. The normalized spacial score (nSPS) is 31.8. The molecule has 1 aliphatic rings. The summed E-state index contributed by atoms with van der Waals surface area (Å²) in [6.07, 6.45) is -0.0897. The van der Waals surface area contributed by atoms with Crippen LogP contribution in [0, 0.1) is 11.3 Å². The molecule has 5 heteroatoms. The van der Waals surface area contributed by atoms with Crippen LogP contribution in [0.15, 0.2) is 0 Å². The van der Waals surface area contributed by atoms with Gasteiger partial charge in [0.1, 0.15) is 4.84 Å². The fourth-order valence-corrected chi connectivity index (χ4v) is 1.97. The maximum Gasteiger partial charge on any atom is 0.228 e. The van der Waals surface area contributed by atoms with Crippen molar-refractivity contribution in [1.82, 2.24) is 5.32 Å². The molecule has 0 aromatic heterocycles. The molecule has 0 spiro atoms. The Morgan fingerprint density at radius 3 is 2.40 bits per heavy atom. The minimum atomic E-state index is -0.724. The second-order valence-corrected chi connectivity index (χ2v) is 5.96. The van der Waals surface area contributed by atoms with Gasteiger partial charge < -0.3 is 10.4 Å². The van der Waals surface area contributed by atoms with Gasteiger partial charge in [0.2, 0.25) is 5.91 Å². The van der Waals surface area contributed by atoms with Crippen LogP contribution in [0.5, 0.6) is 0 Å². The highest BCUT2D eigenvalue weighted by molar-refractivity contribution is 6.44. The Kier molecular flexibility index (Phi) is 3.90. The maximum atomic E-state index is 11.5.